The Morgan fingerprint density at radius 2 is 2.05 bits per heavy atom. The molecule has 1 aliphatic rings. The van der Waals surface area contributed by atoms with E-state index >= 15 is 0 Å². The normalized spacial score (nSPS) is 14.5. The van der Waals surface area contributed by atoms with E-state index in [0.29, 0.717) is 31.5 Å². The molecule has 0 aliphatic carbocycles. The number of aromatic nitrogens is 2. The lowest BCUT2D eigenvalue weighted by Gasteiger charge is -2.36. The average molecular weight is 299 g/mol. The molecule has 1 saturated heterocycles. The van der Waals surface area contributed by atoms with Crippen molar-refractivity contribution in [3.8, 4) is 5.88 Å². The van der Waals surface area contributed by atoms with Gasteiger partial charge in [-0.25, -0.2) is 4.98 Å². The van der Waals surface area contributed by atoms with Crippen LogP contribution >= 0.6 is 0 Å². The van der Waals surface area contributed by atoms with Crippen LogP contribution in [0, 0.1) is 12.8 Å². The van der Waals surface area contributed by atoms with Gasteiger partial charge in [-0.15, -0.1) is 0 Å². The Morgan fingerprint density at radius 1 is 1.32 bits per heavy atom. The molecule has 2 aromatic rings. The van der Waals surface area contributed by atoms with E-state index in [9.17, 15) is 4.79 Å². The van der Waals surface area contributed by atoms with E-state index in [4.69, 9.17) is 9.84 Å². The fourth-order valence-corrected chi connectivity index (χ4v) is 2.27. The first kappa shape index (κ1) is 14.3. The minimum atomic E-state index is -0.774. The highest BCUT2D eigenvalue weighted by Crippen LogP contribution is 2.24. The third-order valence-electron chi connectivity index (χ3n) is 3.56. The summed E-state index contributed by atoms with van der Waals surface area (Å²) in [6.07, 6.45) is 0. The molecule has 0 bridgehead atoms. The largest absolute Gasteiger partial charge is 0.481 e. The van der Waals surface area contributed by atoms with Gasteiger partial charge in [0.25, 0.3) is 0 Å². The predicted molar refractivity (Wildman–Crippen MR) is 80.9 cm³/mol. The molecule has 0 atom stereocenters. The van der Waals surface area contributed by atoms with Crippen molar-refractivity contribution in [1.82, 2.24) is 9.97 Å². The van der Waals surface area contributed by atoms with Crippen LogP contribution in [0.2, 0.25) is 0 Å². The number of benzene rings is 1. The number of carboxylic acid groups (broad SMARTS) is 1. The van der Waals surface area contributed by atoms with E-state index in [2.05, 4.69) is 9.97 Å². The first-order valence-electron chi connectivity index (χ1n) is 7.12. The zero-order chi connectivity index (χ0) is 15.5. The Kier molecular flexibility index (Phi) is 3.91. The SMILES string of the molecule is Cc1cc(OCc2ccccc2)nc(N2CC(C(=O)O)C2)n1. The highest BCUT2D eigenvalue weighted by Gasteiger charge is 2.34. The zero-order valence-electron chi connectivity index (χ0n) is 12.3. The van der Waals surface area contributed by atoms with Crippen molar-refractivity contribution >= 4 is 11.9 Å². The molecule has 0 spiro atoms. The topological polar surface area (TPSA) is 75.5 Å². The molecule has 1 aromatic heterocycles. The smallest absolute Gasteiger partial charge is 0.310 e. The summed E-state index contributed by atoms with van der Waals surface area (Å²) in [5.41, 5.74) is 1.86. The zero-order valence-corrected chi connectivity index (χ0v) is 12.3. The van der Waals surface area contributed by atoms with E-state index < -0.39 is 5.97 Å². The minimum Gasteiger partial charge on any atom is -0.481 e. The first-order chi connectivity index (χ1) is 10.6. The summed E-state index contributed by atoms with van der Waals surface area (Å²) in [6, 6.07) is 11.6. The lowest BCUT2D eigenvalue weighted by molar-refractivity contribution is -0.142. The number of aryl methyl sites for hydroxylation is 1. The molecule has 0 radical (unpaired) electrons. The summed E-state index contributed by atoms with van der Waals surface area (Å²) >= 11 is 0. The van der Waals surface area contributed by atoms with Crippen LogP contribution in [0.5, 0.6) is 5.88 Å². The van der Waals surface area contributed by atoms with Crippen molar-refractivity contribution in [2.45, 2.75) is 13.5 Å². The molecule has 1 fully saturated rings. The highest BCUT2D eigenvalue weighted by molar-refractivity contribution is 5.73. The number of aliphatic carboxylic acids is 1. The van der Waals surface area contributed by atoms with Gasteiger partial charge in [0.2, 0.25) is 11.8 Å². The maximum Gasteiger partial charge on any atom is 0.310 e. The van der Waals surface area contributed by atoms with Gasteiger partial charge < -0.3 is 14.7 Å². The molecule has 1 aromatic carbocycles. The second-order valence-corrected chi connectivity index (χ2v) is 5.36. The van der Waals surface area contributed by atoms with Gasteiger partial charge in [-0.2, -0.15) is 4.98 Å². The Bertz CT molecular complexity index is 670. The number of carbonyl (C=O) groups is 1. The van der Waals surface area contributed by atoms with Crippen molar-refractivity contribution in [2.75, 3.05) is 18.0 Å². The molecule has 1 N–H and O–H groups in total. The van der Waals surface area contributed by atoms with Gasteiger partial charge in [0, 0.05) is 24.8 Å². The van der Waals surface area contributed by atoms with Crippen molar-refractivity contribution < 1.29 is 14.6 Å². The predicted octanol–water partition coefficient (Wildman–Crippen LogP) is 1.88. The van der Waals surface area contributed by atoms with E-state index in [1.54, 1.807) is 6.07 Å². The molecular weight excluding hydrogens is 282 g/mol. The maximum atomic E-state index is 10.9. The van der Waals surface area contributed by atoms with Crippen molar-refractivity contribution in [3.05, 3.63) is 47.7 Å². The molecule has 3 rings (SSSR count). The summed E-state index contributed by atoms with van der Waals surface area (Å²) < 4.78 is 5.71. The number of ether oxygens (including phenoxy) is 1. The van der Waals surface area contributed by atoms with Crippen LogP contribution in [0.3, 0.4) is 0 Å². The van der Waals surface area contributed by atoms with E-state index in [-0.39, 0.29) is 5.92 Å². The van der Waals surface area contributed by atoms with E-state index in [0.717, 1.165) is 11.3 Å². The highest BCUT2D eigenvalue weighted by atomic mass is 16.5. The molecule has 6 nitrogen and oxygen atoms in total. The number of rotatable bonds is 5. The Morgan fingerprint density at radius 3 is 2.73 bits per heavy atom. The molecular formula is C16H17N3O3. The summed E-state index contributed by atoms with van der Waals surface area (Å²) in [6.45, 7) is 3.19. The van der Waals surface area contributed by atoms with Crippen LogP contribution in [0.25, 0.3) is 0 Å². The van der Waals surface area contributed by atoms with Crippen LogP contribution in [-0.4, -0.2) is 34.1 Å². The minimum absolute atomic E-state index is 0.335. The van der Waals surface area contributed by atoms with Crippen LogP contribution < -0.4 is 9.64 Å². The molecule has 1 aliphatic heterocycles. The third kappa shape index (κ3) is 3.16. The van der Waals surface area contributed by atoms with Gasteiger partial charge in [-0.3, -0.25) is 4.79 Å². The number of anilines is 1. The van der Waals surface area contributed by atoms with Gasteiger partial charge in [-0.05, 0) is 12.5 Å². The van der Waals surface area contributed by atoms with Gasteiger partial charge in [0.05, 0.1) is 5.92 Å². The summed E-state index contributed by atoms with van der Waals surface area (Å²) in [5.74, 6) is -0.0760. The van der Waals surface area contributed by atoms with Gasteiger partial charge in [0.15, 0.2) is 0 Å². The van der Waals surface area contributed by atoms with Crippen LogP contribution in [0.1, 0.15) is 11.3 Å². The number of hydrogen-bond acceptors (Lipinski definition) is 5. The Balaban J connectivity index is 1.67. The monoisotopic (exact) mass is 299 g/mol. The number of carboxylic acids is 1. The molecule has 0 saturated carbocycles. The van der Waals surface area contributed by atoms with Crippen LogP contribution in [0.15, 0.2) is 36.4 Å². The number of nitrogens with zero attached hydrogens (tertiary/aromatic N) is 3. The van der Waals surface area contributed by atoms with Crippen molar-refractivity contribution in [3.63, 3.8) is 0 Å². The fourth-order valence-electron chi connectivity index (χ4n) is 2.27. The van der Waals surface area contributed by atoms with Crippen molar-refractivity contribution in [2.24, 2.45) is 5.92 Å². The Hall–Kier alpha value is -2.63. The summed E-state index contributed by atoms with van der Waals surface area (Å²) in [5, 5.41) is 8.93. The lowest BCUT2D eigenvalue weighted by atomic mass is 10.0. The van der Waals surface area contributed by atoms with Crippen LogP contribution in [0.4, 0.5) is 5.95 Å². The first-order valence-corrected chi connectivity index (χ1v) is 7.12. The maximum absolute atomic E-state index is 10.9. The molecule has 114 valence electrons. The van der Waals surface area contributed by atoms with Crippen molar-refractivity contribution in [1.29, 1.82) is 0 Å². The summed E-state index contributed by atoms with van der Waals surface area (Å²) in [4.78, 5) is 21.4. The second kappa shape index (κ2) is 6.01. The third-order valence-corrected chi connectivity index (χ3v) is 3.56. The molecule has 0 amide bonds. The quantitative estimate of drug-likeness (QED) is 0.908. The summed E-state index contributed by atoms with van der Waals surface area (Å²) in [7, 11) is 0. The molecule has 6 heteroatoms. The lowest BCUT2D eigenvalue weighted by Crippen LogP contribution is -2.51. The van der Waals surface area contributed by atoms with E-state index in [1.165, 1.54) is 0 Å². The second-order valence-electron chi connectivity index (χ2n) is 5.36. The molecule has 0 unspecified atom stereocenters. The Labute approximate surface area is 128 Å². The molecule has 2 heterocycles. The fraction of sp³-hybridized carbons (Fsp3) is 0.312. The number of hydrogen-bond donors (Lipinski definition) is 1. The standard InChI is InChI=1S/C16H17N3O3/c1-11-7-14(22-10-12-5-3-2-4-6-12)18-16(17-11)19-8-13(9-19)15(20)21/h2-7,13H,8-10H2,1H3,(H,20,21). The van der Waals surface area contributed by atoms with Crippen LogP contribution in [-0.2, 0) is 11.4 Å². The molecule has 22 heavy (non-hydrogen) atoms. The van der Waals surface area contributed by atoms with Gasteiger partial charge in [-0.1, -0.05) is 30.3 Å². The van der Waals surface area contributed by atoms with E-state index in [1.807, 2.05) is 42.2 Å². The van der Waals surface area contributed by atoms with Gasteiger partial charge in [0.1, 0.15) is 6.61 Å². The average Bonchev–Trinajstić information content (AvgIpc) is 2.44. The van der Waals surface area contributed by atoms with Gasteiger partial charge >= 0.3 is 5.97 Å².